The molecular weight excluding hydrogens is 308 g/mol. The number of alkyl halides is 3. The molecule has 0 saturated carbocycles. The van der Waals surface area contributed by atoms with Gasteiger partial charge in [-0.25, -0.2) is 0 Å². The van der Waals surface area contributed by atoms with Crippen LogP contribution in [0.2, 0.25) is 0 Å². The number of hydrogen-bond donors (Lipinski definition) is 0. The minimum absolute atomic E-state index is 0.0466. The zero-order valence-electron chi connectivity index (χ0n) is 6.88. The molecule has 0 unspecified atom stereocenters. The Morgan fingerprint density at radius 1 is 1.14 bits per heavy atom. The summed E-state index contributed by atoms with van der Waals surface area (Å²) in [6.45, 7) is 0. The molecule has 0 amide bonds. The van der Waals surface area contributed by atoms with Crippen LogP contribution in [-0.2, 0) is 0 Å². The molecule has 0 bridgehead atoms. The Bertz CT molecular complexity index is 316. The minimum Gasteiger partial charge on any atom is -0.465 e. The molecule has 1 nitrogen and oxygen atoms in total. The summed E-state index contributed by atoms with van der Waals surface area (Å²) >= 11 is 2.09. The molecule has 14 heavy (non-hydrogen) atoms. The first-order chi connectivity index (χ1) is 6.47. The maximum atomic E-state index is 11.7. The van der Waals surface area contributed by atoms with Gasteiger partial charge in [0.15, 0.2) is 0 Å². The minimum atomic E-state index is -4.33. The van der Waals surface area contributed by atoms with Gasteiger partial charge < -0.3 is 4.74 Å². The van der Waals surface area contributed by atoms with Crippen LogP contribution in [0.15, 0.2) is 36.6 Å². The Hall–Kier alpha value is -0.720. The summed E-state index contributed by atoms with van der Waals surface area (Å²) in [6, 6.07) is 6.69. The zero-order chi connectivity index (χ0) is 10.6. The summed E-state index contributed by atoms with van der Waals surface area (Å²) in [4.78, 5) is 0. The molecule has 0 atom stereocenters. The van der Waals surface area contributed by atoms with Crippen LogP contribution in [-0.4, -0.2) is 6.18 Å². The van der Waals surface area contributed by atoms with Crippen molar-refractivity contribution < 1.29 is 17.9 Å². The second-order valence-corrected chi connectivity index (χ2v) is 3.66. The normalized spacial score (nSPS) is 12.0. The van der Waals surface area contributed by atoms with Gasteiger partial charge >= 0.3 is 6.18 Å². The summed E-state index contributed by atoms with van der Waals surface area (Å²) in [5.41, 5.74) is 0. The lowest BCUT2D eigenvalue weighted by Crippen LogP contribution is -2.01. The highest BCUT2D eigenvalue weighted by Crippen LogP contribution is 2.17. The highest BCUT2D eigenvalue weighted by atomic mass is 127. The molecular formula is C9H6F3IO. The fourth-order valence-corrected chi connectivity index (χ4v) is 1.06. The van der Waals surface area contributed by atoms with Crippen molar-refractivity contribution in [2.75, 3.05) is 0 Å². The van der Waals surface area contributed by atoms with Crippen LogP contribution in [0.3, 0.4) is 0 Å². The lowest BCUT2D eigenvalue weighted by atomic mass is 10.3. The maximum absolute atomic E-state index is 11.7. The number of rotatable bonds is 2. The number of allylic oxidation sites excluding steroid dienone is 1. The highest BCUT2D eigenvalue weighted by Gasteiger charge is 2.22. The van der Waals surface area contributed by atoms with Gasteiger partial charge in [0, 0.05) is 3.57 Å². The standard InChI is InChI=1S/C9H6F3IO/c10-9(11,12)5-6-14-8-3-1-7(13)2-4-8/h1-6H/b6-5-. The van der Waals surface area contributed by atoms with Gasteiger partial charge in [0.1, 0.15) is 5.75 Å². The summed E-state index contributed by atoms with van der Waals surface area (Å²) in [5, 5.41) is 0. The lowest BCUT2D eigenvalue weighted by Gasteiger charge is -2.01. The molecule has 1 rings (SSSR count). The molecule has 5 heteroatoms. The molecule has 0 aliphatic rings. The van der Waals surface area contributed by atoms with Gasteiger partial charge in [-0.05, 0) is 46.9 Å². The van der Waals surface area contributed by atoms with E-state index in [0.29, 0.717) is 12.0 Å². The third kappa shape index (κ3) is 4.50. The highest BCUT2D eigenvalue weighted by molar-refractivity contribution is 14.1. The molecule has 0 spiro atoms. The first-order valence-electron chi connectivity index (χ1n) is 3.64. The van der Waals surface area contributed by atoms with E-state index in [1.165, 1.54) is 0 Å². The summed E-state index contributed by atoms with van der Waals surface area (Å²) in [5.74, 6) is 0.380. The van der Waals surface area contributed by atoms with Crippen LogP contribution in [0.25, 0.3) is 0 Å². The van der Waals surface area contributed by atoms with Crippen LogP contribution in [0.4, 0.5) is 13.2 Å². The fourth-order valence-electron chi connectivity index (χ4n) is 0.703. The van der Waals surface area contributed by atoms with Crippen molar-refractivity contribution in [1.82, 2.24) is 0 Å². The largest absolute Gasteiger partial charge is 0.465 e. The average Bonchev–Trinajstić information content (AvgIpc) is 2.06. The van der Waals surface area contributed by atoms with E-state index >= 15 is 0 Å². The van der Waals surface area contributed by atoms with Gasteiger partial charge in [0.2, 0.25) is 0 Å². The third-order valence-electron chi connectivity index (χ3n) is 1.27. The van der Waals surface area contributed by atoms with Crippen molar-refractivity contribution in [1.29, 1.82) is 0 Å². The quantitative estimate of drug-likeness (QED) is 0.597. The van der Waals surface area contributed by atoms with Gasteiger partial charge in [-0.15, -0.1) is 0 Å². The number of ether oxygens (including phenoxy) is 1. The molecule has 0 aliphatic carbocycles. The van der Waals surface area contributed by atoms with Crippen molar-refractivity contribution >= 4 is 22.6 Å². The number of benzene rings is 1. The Morgan fingerprint density at radius 2 is 1.71 bits per heavy atom. The SMILES string of the molecule is FC(F)(F)/C=C\Oc1ccc(I)cc1. The first-order valence-corrected chi connectivity index (χ1v) is 4.72. The number of halogens is 4. The Morgan fingerprint density at radius 3 is 2.21 bits per heavy atom. The first kappa shape index (κ1) is 11.4. The molecule has 1 aromatic rings. The molecule has 0 aliphatic heterocycles. The van der Waals surface area contributed by atoms with E-state index in [1.54, 1.807) is 24.3 Å². The van der Waals surface area contributed by atoms with E-state index in [1.807, 2.05) is 0 Å². The Kier molecular flexibility index (Phi) is 3.79. The Balaban J connectivity index is 2.54. The van der Waals surface area contributed by atoms with E-state index in [-0.39, 0.29) is 6.08 Å². The van der Waals surface area contributed by atoms with Crippen LogP contribution in [0.5, 0.6) is 5.75 Å². The molecule has 0 fully saturated rings. The average molecular weight is 314 g/mol. The van der Waals surface area contributed by atoms with Crippen molar-refractivity contribution in [3.05, 3.63) is 40.2 Å². The lowest BCUT2D eigenvalue weighted by molar-refractivity contribution is -0.0809. The summed E-state index contributed by atoms with van der Waals surface area (Å²) in [7, 11) is 0. The van der Waals surface area contributed by atoms with Crippen molar-refractivity contribution in [3.63, 3.8) is 0 Å². The van der Waals surface area contributed by atoms with Gasteiger partial charge in [0.05, 0.1) is 12.3 Å². The van der Waals surface area contributed by atoms with Crippen LogP contribution < -0.4 is 4.74 Å². The van der Waals surface area contributed by atoms with Crippen LogP contribution in [0, 0.1) is 3.57 Å². The topological polar surface area (TPSA) is 9.23 Å². The van der Waals surface area contributed by atoms with Gasteiger partial charge in [-0.1, -0.05) is 0 Å². The number of hydrogen-bond acceptors (Lipinski definition) is 1. The summed E-state index contributed by atoms with van der Waals surface area (Å²) < 4.78 is 40.7. The second kappa shape index (κ2) is 4.68. The van der Waals surface area contributed by atoms with Gasteiger partial charge in [0.25, 0.3) is 0 Å². The van der Waals surface area contributed by atoms with Crippen LogP contribution >= 0.6 is 22.6 Å². The molecule has 0 N–H and O–H groups in total. The summed E-state index contributed by atoms with van der Waals surface area (Å²) in [6.07, 6.45) is -3.66. The van der Waals surface area contributed by atoms with E-state index in [0.717, 1.165) is 3.57 Å². The molecule has 76 valence electrons. The molecule has 0 aromatic heterocycles. The smallest absolute Gasteiger partial charge is 0.412 e. The predicted octanol–water partition coefficient (Wildman–Crippen LogP) is 3.75. The molecule has 1 aromatic carbocycles. The predicted molar refractivity (Wildman–Crippen MR) is 55.0 cm³/mol. The maximum Gasteiger partial charge on any atom is 0.412 e. The van der Waals surface area contributed by atoms with Gasteiger partial charge in [-0.3, -0.25) is 0 Å². The Labute approximate surface area is 92.7 Å². The van der Waals surface area contributed by atoms with Crippen molar-refractivity contribution in [2.24, 2.45) is 0 Å². The van der Waals surface area contributed by atoms with Crippen molar-refractivity contribution in [2.45, 2.75) is 6.18 Å². The van der Waals surface area contributed by atoms with Crippen molar-refractivity contribution in [3.8, 4) is 5.75 Å². The molecule has 0 heterocycles. The van der Waals surface area contributed by atoms with E-state index < -0.39 is 6.18 Å². The van der Waals surface area contributed by atoms with Crippen LogP contribution in [0.1, 0.15) is 0 Å². The van der Waals surface area contributed by atoms with E-state index in [9.17, 15) is 13.2 Å². The van der Waals surface area contributed by atoms with Gasteiger partial charge in [-0.2, -0.15) is 13.2 Å². The fraction of sp³-hybridized carbons (Fsp3) is 0.111. The second-order valence-electron chi connectivity index (χ2n) is 2.42. The monoisotopic (exact) mass is 314 g/mol. The molecule has 0 saturated heterocycles. The third-order valence-corrected chi connectivity index (χ3v) is 1.99. The van der Waals surface area contributed by atoms with E-state index in [4.69, 9.17) is 4.74 Å². The van der Waals surface area contributed by atoms with E-state index in [2.05, 4.69) is 22.6 Å². The molecule has 0 radical (unpaired) electrons. The zero-order valence-corrected chi connectivity index (χ0v) is 9.04.